The summed E-state index contributed by atoms with van der Waals surface area (Å²) >= 11 is 3.43. The van der Waals surface area contributed by atoms with Crippen LogP contribution in [0, 0.1) is 0 Å². The Balaban J connectivity index is 1.25. The molecular weight excluding hydrogens is 472 g/mol. The van der Waals surface area contributed by atoms with Crippen molar-refractivity contribution < 1.29 is 14.4 Å². The molecule has 3 heterocycles. The van der Waals surface area contributed by atoms with E-state index in [1.807, 2.05) is 40.9 Å². The molecule has 1 aliphatic heterocycles. The van der Waals surface area contributed by atoms with E-state index in [-0.39, 0.29) is 30.7 Å². The van der Waals surface area contributed by atoms with E-state index in [0.29, 0.717) is 16.8 Å². The summed E-state index contributed by atoms with van der Waals surface area (Å²) in [6.45, 7) is 0.0270. The van der Waals surface area contributed by atoms with E-state index in [9.17, 15) is 14.4 Å². The van der Waals surface area contributed by atoms with Gasteiger partial charge in [-0.1, -0.05) is 40.2 Å². The fraction of sp³-hybridized carbons (Fsp3) is 0.0833. The molecule has 5 rings (SSSR count). The topological polar surface area (TPSA) is 83.8 Å². The van der Waals surface area contributed by atoms with Crippen LogP contribution in [0.1, 0.15) is 27.1 Å². The number of benzene rings is 2. The van der Waals surface area contributed by atoms with Crippen LogP contribution in [-0.2, 0) is 4.79 Å². The van der Waals surface area contributed by atoms with E-state index >= 15 is 0 Å². The normalized spacial score (nSPS) is 13.0. The summed E-state index contributed by atoms with van der Waals surface area (Å²) < 4.78 is 2.84. The second-order valence-electron chi connectivity index (χ2n) is 7.42. The van der Waals surface area contributed by atoms with Crippen molar-refractivity contribution in [3.05, 3.63) is 88.7 Å². The van der Waals surface area contributed by atoms with Crippen molar-refractivity contribution in [2.24, 2.45) is 0 Å². The molecule has 2 aromatic heterocycles. The molecule has 0 fully saturated rings. The van der Waals surface area contributed by atoms with Crippen LogP contribution in [0.5, 0.6) is 0 Å². The van der Waals surface area contributed by atoms with E-state index in [1.165, 1.54) is 0 Å². The Morgan fingerprint density at radius 2 is 1.59 bits per heavy atom. The lowest BCUT2D eigenvalue weighted by Gasteiger charge is -2.13. The fourth-order valence-corrected chi connectivity index (χ4v) is 3.97. The Morgan fingerprint density at radius 1 is 0.906 bits per heavy atom. The quantitative estimate of drug-likeness (QED) is 0.422. The van der Waals surface area contributed by atoms with Gasteiger partial charge in [-0.05, 0) is 36.4 Å². The highest BCUT2D eigenvalue weighted by Gasteiger charge is 2.34. The number of fused-ring (bicyclic) bond motifs is 2. The van der Waals surface area contributed by atoms with Crippen LogP contribution in [0.2, 0.25) is 0 Å². The number of pyridine rings is 1. The molecule has 0 bridgehead atoms. The molecule has 0 spiro atoms. The minimum atomic E-state index is -0.362. The number of hydrogen-bond donors (Lipinski definition) is 1. The molecule has 7 nitrogen and oxygen atoms in total. The minimum Gasteiger partial charge on any atom is -0.325 e. The summed E-state index contributed by atoms with van der Waals surface area (Å²) in [5, 5.41) is 2.82. The van der Waals surface area contributed by atoms with E-state index in [2.05, 4.69) is 26.2 Å². The van der Waals surface area contributed by atoms with Crippen LogP contribution in [0.15, 0.2) is 77.5 Å². The number of hydrogen-bond acceptors (Lipinski definition) is 4. The van der Waals surface area contributed by atoms with E-state index in [4.69, 9.17) is 0 Å². The molecule has 3 amide bonds. The van der Waals surface area contributed by atoms with Gasteiger partial charge in [-0.3, -0.25) is 19.3 Å². The van der Waals surface area contributed by atoms with Crippen LogP contribution in [0.3, 0.4) is 0 Å². The van der Waals surface area contributed by atoms with Crippen molar-refractivity contribution in [2.45, 2.75) is 6.42 Å². The lowest BCUT2D eigenvalue weighted by molar-refractivity contribution is -0.116. The molecule has 1 aliphatic rings. The highest BCUT2D eigenvalue weighted by molar-refractivity contribution is 9.10. The smallest absolute Gasteiger partial charge is 0.261 e. The highest BCUT2D eigenvalue weighted by atomic mass is 79.9. The monoisotopic (exact) mass is 488 g/mol. The number of anilines is 1. The molecule has 0 radical (unpaired) electrons. The number of nitrogens with one attached hydrogen (secondary N) is 1. The summed E-state index contributed by atoms with van der Waals surface area (Å²) in [4.78, 5) is 43.0. The molecule has 0 atom stereocenters. The largest absolute Gasteiger partial charge is 0.325 e. The summed E-state index contributed by atoms with van der Waals surface area (Å²) in [7, 11) is 0. The van der Waals surface area contributed by atoms with Crippen LogP contribution in [0.4, 0.5) is 5.69 Å². The molecule has 0 unspecified atom stereocenters. The maximum Gasteiger partial charge on any atom is 0.261 e. The minimum absolute atomic E-state index is 0.0115. The lowest BCUT2D eigenvalue weighted by Crippen LogP contribution is -2.32. The van der Waals surface area contributed by atoms with Crippen LogP contribution < -0.4 is 5.32 Å². The maximum atomic E-state index is 12.5. The van der Waals surface area contributed by atoms with Crippen molar-refractivity contribution >= 4 is 45.0 Å². The first-order valence-electron chi connectivity index (χ1n) is 9.99. The number of imidazole rings is 1. The highest BCUT2D eigenvalue weighted by Crippen LogP contribution is 2.24. The second kappa shape index (κ2) is 8.05. The van der Waals surface area contributed by atoms with Crippen LogP contribution in [0.25, 0.3) is 16.9 Å². The van der Waals surface area contributed by atoms with Crippen molar-refractivity contribution in [1.82, 2.24) is 14.3 Å². The van der Waals surface area contributed by atoms with Gasteiger partial charge in [0.05, 0.1) is 22.5 Å². The molecule has 8 heteroatoms. The SMILES string of the molecule is O=C(CCN1C(=O)c2ccccc2C1=O)Nc1ccc2nc(-c3ccc(Br)cc3)cn2c1. The van der Waals surface area contributed by atoms with Crippen molar-refractivity contribution in [3.63, 3.8) is 0 Å². The van der Waals surface area contributed by atoms with Crippen molar-refractivity contribution in [3.8, 4) is 11.3 Å². The van der Waals surface area contributed by atoms with E-state index in [1.54, 1.807) is 36.5 Å². The first kappa shape index (κ1) is 20.1. The average molecular weight is 489 g/mol. The summed E-state index contributed by atoms with van der Waals surface area (Å²) in [6, 6.07) is 18.1. The third kappa shape index (κ3) is 3.69. The molecule has 32 heavy (non-hydrogen) atoms. The number of aromatic nitrogens is 2. The zero-order chi connectivity index (χ0) is 22.2. The Labute approximate surface area is 191 Å². The molecule has 1 N–H and O–H groups in total. The molecule has 4 aromatic rings. The predicted octanol–water partition coefficient (Wildman–Crippen LogP) is 4.39. The van der Waals surface area contributed by atoms with Crippen molar-refractivity contribution in [1.29, 1.82) is 0 Å². The van der Waals surface area contributed by atoms with Gasteiger partial charge in [-0.2, -0.15) is 0 Å². The van der Waals surface area contributed by atoms with Crippen molar-refractivity contribution in [2.75, 3.05) is 11.9 Å². The van der Waals surface area contributed by atoms with Gasteiger partial charge >= 0.3 is 0 Å². The van der Waals surface area contributed by atoms with Gasteiger partial charge in [0.2, 0.25) is 5.91 Å². The third-order valence-corrected chi connectivity index (χ3v) is 5.84. The maximum absolute atomic E-state index is 12.5. The molecular formula is C24H17BrN4O3. The lowest BCUT2D eigenvalue weighted by atomic mass is 10.1. The average Bonchev–Trinajstić information content (AvgIpc) is 3.32. The molecule has 2 aromatic carbocycles. The zero-order valence-electron chi connectivity index (χ0n) is 16.8. The summed E-state index contributed by atoms with van der Waals surface area (Å²) in [5.41, 5.74) is 3.93. The Hall–Kier alpha value is -3.78. The summed E-state index contributed by atoms with van der Waals surface area (Å²) in [5.74, 6) is -1.01. The third-order valence-electron chi connectivity index (χ3n) is 5.32. The van der Waals surface area contributed by atoms with Crippen LogP contribution >= 0.6 is 15.9 Å². The molecule has 158 valence electrons. The Morgan fingerprint density at radius 3 is 2.28 bits per heavy atom. The number of carbonyl (C=O) groups excluding carboxylic acids is 3. The number of amides is 3. The van der Waals surface area contributed by atoms with Crippen LogP contribution in [-0.4, -0.2) is 38.6 Å². The van der Waals surface area contributed by atoms with Gasteiger partial charge in [-0.25, -0.2) is 4.98 Å². The van der Waals surface area contributed by atoms with Gasteiger partial charge in [0.25, 0.3) is 11.8 Å². The number of carbonyl (C=O) groups is 3. The molecule has 0 aliphatic carbocycles. The Kier molecular flexibility index (Phi) is 5.07. The standard InChI is InChI=1S/C24H17BrN4O3/c25-16-7-5-15(6-8-16)20-14-28-13-17(9-10-21(28)27-20)26-22(30)11-12-29-23(31)18-3-1-2-4-19(18)24(29)32/h1-10,13-14H,11-12H2,(H,26,30). The number of imide groups is 1. The zero-order valence-corrected chi connectivity index (χ0v) is 18.4. The first-order chi connectivity index (χ1) is 15.5. The number of nitrogens with zero attached hydrogens (tertiary/aromatic N) is 3. The van der Waals surface area contributed by atoms with E-state index < -0.39 is 0 Å². The molecule has 0 saturated heterocycles. The summed E-state index contributed by atoms with van der Waals surface area (Å²) in [6.07, 6.45) is 3.69. The predicted molar refractivity (Wildman–Crippen MR) is 123 cm³/mol. The first-order valence-corrected chi connectivity index (χ1v) is 10.8. The fourth-order valence-electron chi connectivity index (χ4n) is 3.70. The van der Waals surface area contributed by atoms with Gasteiger partial charge in [-0.15, -0.1) is 0 Å². The van der Waals surface area contributed by atoms with Gasteiger partial charge in [0, 0.05) is 35.4 Å². The van der Waals surface area contributed by atoms with Gasteiger partial charge in [0.15, 0.2) is 0 Å². The van der Waals surface area contributed by atoms with Gasteiger partial charge < -0.3 is 9.72 Å². The van der Waals surface area contributed by atoms with Gasteiger partial charge in [0.1, 0.15) is 5.65 Å². The Bertz CT molecular complexity index is 1340. The van der Waals surface area contributed by atoms with E-state index in [0.717, 1.165) is 26.3 Å². The number of rotatable bonds is 5. The number of halogens is 1. The molecule has 0 saturated carbocycles. The second-order valence-corrected chi connectivity index (χ2v) is 8.34.